The van der Waals surface area contributed by atoms with E-state index in [1.807, 2.05) is 43.3 Å². The van der Waals surface area contributed by atoms with E-state index >= 15 is 0 Å². The molecule has 1 N–H and O–H groups in total. The van der Waals surface area contributed by atoms with Crippen LogP contribution in [0.4, 0.5) is 5.00 Å². The number of para-hydroxylation sites is 1. The molecule has 1 aromatic heterocycles. The maximum Gasteiger partial charge on any atom is 0.265 e. The number of hydrogen-bond donors (Lipinski definition) is 1. The van der Waals surface area contributed by atoms with Crippen molar-refractivity contribution in [2.24, 2.45) is 0 Å². The van der Waals surface area contributed by atoms with Crippen molar-refractivity contribution in [3.05, 3.63) is 42.1 Å². The van der Waals surface area contributed by atoms with Gasteiger partial charge in [0.05, 0.1) is 5.69 Å². The summed E-state index contributed by atoms with van der Waals surface area (Å²) in [5.74, 6) is 0.503. The van der Waals surface area contributed by atoms with Gasteiger partial charge in [0.2, 0.25) is 0 Å². The zero-order valence-electron chi connectivity index (χ0n) is 10.2. The van der Waals surface area contributed by atoms with Gasteiger partial charge in [0.15, 0.2) is 6.10 Å². The van der Waals surface area contributed by atoms with Crippen molar-refractivity contribution in [2.75, 3.05) is 5.32 Å². The van der Waals surface area contributed by atoms with Crippen molar-refractivity contribution < 1.29 is 9.53 Å². The standard InChI is InChI=1S/C13H14N2O2S/c1-9-8-12(18-15-9)14-13(16)10(2)17-11-6-4-3-5-7-11/h3-8,10H,1-2H3,(H,14,16)/t10-/m1/s1. The number of anilines is 1. The molecule has 0 spiro atoms. The Balaban J connectivity index is 1.93. The average molecular weight is 262 g/mol. The third-order valence-electron chi connectivity index (χ3n) is 2.30. The lowest BCUT2D eigenvalue weighted by molar-refractivity contribution is -0.122. The Bertz CT molecular complexity index is 525. The predicted molar refractivity (Wildman–Crippen MR) is 72.0 cm³/mol. The van der Waals surface area contributed by atoms with Crippen LogP contribution < -0.4 is 10.1 Å². The van der Waals surface area contributed by atoms with Crippen LogP contribution in [0.5, 0.6) is 5.75 Å². The molecule has 1 heterocycles. The van der Waals surface area contributed by atoms with Gasteiger partial charge in [-0.3, -0.25) is 4.79 Å². The van der Waals surface area contributed by atoms with E-state index in [2.05, 4.69) is 9.69 Å². The number of rotatable bonds is 4. The molecule has 94 valence electrons. The van der Waals surface area contributed by atoms with Crippen LogP contribution in [-0.2, 0) is 4.79 Å². The van der Waals surface area contributed by atoms with E-state index in [1.54, 1.807) is 6.92 Å². The maximum atomic E-state index is 11.9. The SMILES string of the molecule is Cc1cc(NC(=O)[C@@H](C)Oc2ccccc2)sn1. The number of carbonyl (C=O) groups is 1. The normalized spacial score (nSPS) is 11.9. The Hall–Kier alpha value is -1.88. The molecule has 0 aliphatic rings. The zero-order valence-corrected chi connectivity index (χ0v) is 11.0. The molecule has 2 aromatic rings. The van der Waals surface area contributed by atoms with Gasteiger partial charge in [-0.2, -0.15) is 4.37 Å². The number of aromatic nitrogens is 1. The molecular weight excluding hydrogens is 248 g/mol. The molecule has 0 unspecified atom stereocenters. The van der Waals surface area contributed by atoms with Gasteiger partial charge < -0.3 is 10.1 Å². The monoisotopic (exact) mass is 262 g/mol. The fourth-order valence-corrected chi connectivity index (χ4v) is 2.07. The van der Waals surface area contributed by atoms with Crippen molar-refractivity contribution in [1.29, 1.82) is 0 Å². The minimum absolute atomic E-state index is 0.178. The fraction of sp³-hybridized carbons (Fsp3) is 0.231. The van der Waals surface area contributed by atoms with E-state index in [4.69, 9.17) is 4.74 Å². The summed E-state index contributed by atoms with van der Waals surface area (Å²) in [7, 11) is 0. The topological polar surface area (TPSA) is 51.2 Å². The molecule has 0 fully saturated rings. The Labute approximate surface area is 110 Å². The van der Waals surface area contributed by atoms with Crippen LogP contribution in [-0.4, -0.2) is 16.4 Å². The summed E-state index contributed by atoms with van der Waals surface area (Å²) >= 11 is 1.26. The molecule has 1 aromatic carbocycles. The number of amides is 1. The molecular formula is C13H14N2O2S. The summed E-state index contributed by atoms with van der Waals surface area (Å²) in [6.07, 6.45) is -0.546. The van der Waals surface area contributed by atoms with Gasteiger partial charge in [0.1, 0.15) is 10.8 Å². The Kier molecular flexibility index (Phi) is 3.94. The smallest absolute Gasteiger partial charge is 0.265 e. The lowest BCUT2D eigenvalue weighted by atomic mass is 10.3. The van der Waals surface area contributed by atoms with E-state index in [-0.39, 0.29) is 5.91 Å². The van der Waals surface area contributed by atoms with Gasteiger partial charge in [-0.1, -0.05) is 18.2 Å². The van der Waals surface area contributed by atoms with Crippen LogP contribution in [0.3, 0.4) is 0 Å². The molecule has 1 atom stereocenters. The Morgan fingerprint density at radius 3 is 2.72 bits per heavy atom. The van der Waals surface area contributed by atoms with E-state index in [1.165, 1.54) is 11.5 Å². The number of benzene rings is 1. The van der Waals surface area contributed by atoms with Crippen molar-refractivity contribution in [3.63, 3.8) is 0 Å². The van der Waals surface area contributed by atoms with Gasteiger partial charge in [-0.25, -0.2) is 0 Å². The largest absolute Gasteiger partial charge is 0.481 e. The van der Waals surface area contributed by atoms with Gasteiger partial charge in [-0.05, 0) is 43.6 Å². The van der Waals surface area contributed by atoms with Crippen molar-refractivity contribution >= 4 is 22.4 Å². The first-order valence-corrected chi connectivity index (χ1v) is 6.38. The minimum Gasteiger partial charge on any atom is -0.481 e. The summed E-state index contributed by atoms with van der Waals surface area (Å²) in [5, 5.41) is 3.51. The van der Waals surface area contributed by atoms with Gasteiger partial charge in [0, 0.05) is 0 Å². The van der Waals surface area contributed by atoms with Crippen molar-refractivity contribution in [2.45, 2.75) is 20.0 Å². The van der Waals surface area contributed by atoms with Crippen LogP contribution in [0.2, 0.25) is 0 Å². The highest BCUT2D eigenvalue weighted by atomic mass is 32.1. The number of nitrogens with zero attached hydrogens (tertiary/aromatic N) is 1. The molecule has 5 heteroatoms. The quantitative estimate of drug-likeness (QED) is 0.921. The van der Waals surface area contributed by atoms with Crippen LogP contribution in [0.1, 0.15) is 12.6 Å². The van der Waals surface area contributed by atoms with Gasteiger partial charge in [0.25, 0.3) is 5.91 Å². The Morgan fingerprint density at radius 2 is 2.11 bits per heavy atom. The molecule has 0 aliphatic heterocycles. The maximum absolute atomic E-state index is 11.9. The van der Waals surface area contributed by atoms with Crippen LogP contribution in [0.25, 0.3) is 0 Å². The lowest BCUT2D eigenvalue weighted by Gasteiger charge is -2.13. The molecule has 2 rings (SSSR count). The number of aryl methyl sites for hydroxylation is 1. The number of carbonyl (C=O) groups excluding carboxylic acids is 1. The molecule has 0 saturated carbocycles. The summed E-state index contributed by atoms with van der Waals surface area (Å²) < 4.78 is 9.63. The third kappa shape index (κ3) is 3.30. The van der Waals surface area contributed by atoms with E-state index < -0.39 is 6.10 Å². The molecule has 18 heavy (non-hydrogen) atoms. The summed E-state index contributed by atoms with van der Waals surface area (Å²) in [6.45, 7) is 3.60. The predicted octanol–water partition coefficient (Wildman–Crippen LogP) is 2.86. The number of hydrogen-bond acceptors (Lipinski definition) is 4. The first kappa shape index (κ1) is 12.6. The summed E-state index contributed by atoms with van der Waals surface area (Å²) in [4.78, 5) is 11.9. The molecule has 4 nitrogen and oxygen atoms in total. The first-order chi connectivity index (χ1) is 8.65. The summed E-state index contributed by atoms with van der Waals surface area (Å²) in [5.41, 5.74) is 0.895. The molecule has 0 bridgehead atoms. The molecule has 1 amide bonds. The second-order valence-electron chi connectivity index (χ2n) is 3.89. The van der Waals surface area contributed by atoms with Crippen LogP contribution >= 0.6 is 11.5 Å². The minimum atomic E-state index is -0.546. The highest BCUT2D eigenvalue weighted by molar-refractivity contribution is 7.10. The second-order valence-corrected chi connectivity index (χ2v) is 4.70. The third-order valence-corrected chi connectivity index (χ3v) is 3.10. The van der Waals surface area contributed by atoms with E-state index in [9.17, 15) is 4.79 Å². The highest BCUT2D eigenvalue weighted by Gasteiger charge is 2.15. The van der Waals surface area contributed by atoms with Crippen LogP contribution in [0.15, 0.2) is 36.4 Å². The van der Waals surface area contributed by atoms with Crippen molar-refractivity contribution in [3.8, 4) is 5.75 Å². The Morgan fingerprint density at radius 1 is 1.39 bits per heavy atom. The summed E-state index contributed by atoms with van der Waals surface area (Å²) in [6, 6.07) is 11.1. The number of nitrogens with one attached hydrogen (secondary N) is 1. The second kappa shape index (κ2) is 5.64. The molecule has 0 aliphatic carbocycles. The van der Waals surface area contributed by atoms with Crippen molar-refractivity contribution in [1.82, 2.24) is 4.37 Å². The average Bonchev–Trinajstić information content (AvgIpc) is 2.76. The van der Waals surface area contributed by atoms with Gasteiger partial charge in [-0.15, -0.1) is 0 Å². The lowest BCUT2D eigenvalue weighted by Crippen LogP contribution is -2.29. The first-order valence-electron chi connectivity index (χ1n) is 5.61. The van der Waals surface area contributed by atoms with Crippen LogP contribution in [0, 0.1) is 6.92 Å². The fourth-order valence-electron chi connectivity index (χ4n) is 1.40. The molecule has 0 radical (unpaired) electrons. The number of ether oxygens (including phenoxy) is 1. The zero-order chi connectivity index (χ0) is 13.0. The van der Waals surface area contributed by atoms with Gasteiger partial charge >= 0.3 is 0 Å². The van der Waals surface area contributed by atoms with E-state index in [0.29, 0.717) is 5.75 Å². The molecule has 0 saturated heterocycles. The highest BCUT2D eigenvalue weighted by Crippen LogP contribution is 2.17. The van der Waals surface area contributed by atoms with E-state index in [0.717, 1.165) is 10.7 Å².